The number of hydrogen-bond acceptors (Lipinski definition) is 14. The highest BCUT2D eigenvalue weighted by Crippen LogP contribution is 2.38. The van der Waals surface area contributed by atoms with Crippen LogP contribution in [0.25, 0.3) is 10.9 Å². The van der Waals surface area contributed by atoms with Crippen molar-refractivity contribution in [2.75, 3.05) is 92.7 Å². The number of piperazine rings is 1. The van der Waals surface area contributed by atoms with Crippen LogP contribution in [0.4, 0.5) is 34.5 Å². The Morgan fingerprint density at radius 3 is 2.45 bits per heavy atom. The number of para-hydroxylation sites is 1. The summed E-state index contributed by atoms with van der Waals surface area (Å²) >= 11 is 3.56. The zero-order valence-electron chi connectivity index (χ0n) is 38.0. The quantitative estimate of drug-likeness (QED) is 0.130. The number of ether oxygens (including phenoxy) is 1. The lowest BCUT2D eigenvalue weighted by atomic mass is 10.00. The van der Waals surface area contributed by atoms with Crippen LogP contribution in [0.2, 0.25) is 0 Å². The summed E-state index contributed by atoms with van der Waals surface area (Å²) in [4.78, 5) is 58.6. The Morgan fingerprint density at radius 2 is 1.69 bits per heavy atom. The number of piperidine rings is 2. The van der Waals surface area contributed by atoms with Gasteiger partial charge in [0.15, 0.2) is 0 Å². The number of methoxy groups -OCH3 is 1. The molecule has 4 saturated heterocycles. The molecule has 1 unspecified atom stereocenters. The van der Waals surface area contributed by atoms with Crippen molar-refractivity contribution < 1.29 is 27.5 Å². The first-order chi connectivity index (χ1) is 32.3. The molecule has 7 heterocycles. The molecule has 10 rings (SSSR count). The van der Waals surface area contributed by atoms with Gasteiger partial charge >= 0.3 is 0 Å². The molecule has 0 saturated carbocycles. The second-order valence-electron chi connectivity index (χ2n) is 18.5. The van der Waals surface area contributed by atoms with Gasteiger partial charge in [-0.05, 0) is 102 Å². The number of hydrogen-bond donors (Lipinski definition) is 3. The molecular weight excluding hydrogens is 939 g/mol. The topological polar surface area (TPSA) is 178 Å². The predicted octanol–water partition coefficient (Wildman–Crippen LogP) is 5.68. The summed E-state index contributed by atoms with van der Waals surface area (Å²) in [6, 6.07) is 17.5. The van der Waals surface area contributed by atoms with Gasteiger partial charge in [0.25, 0.3) is 5.91 Å². The van der Waals surface area contributed by atoms with Crippen molar-refractivity contribution in [3.63, 3.8) is 0 Å². The minimum absolute atomic E-state index is 0.131. The van der Waals surface area contributed by atoms with Gasteiger partial charge in [-0.25, -0.2) is 17.4 Å². The molecular formula is C48H56BrN11O6S. The van der Waals surface area contributed by atoms with E-state index in [0.717, 1.165) is 112 Å². The Kier molecular flexibility index (Phi) is 12.4. The van der Waals surface area contributed by atoms with Crippen LogP contribution in [0.5, 0.6) is 5.75 Å². The summed E-state index contributed by atoms with van der Waals surface area (Å²) in [5.41, 5.74) is 6.88. The number of rotatable bonds is 12. The Labute approximate surface area is 399 Å². The maximum atomic E-state index is 13.2. The molecule has 5 aliphatic heterocycles. The number of benzene rings is 3. The van der Waals surface area contributed by atoms with E-state index < -0.39 is 16.1 Å². The molecule has 352 valence electrons. The van der Waals surface area contributed by atoms with Crippen molar-refractivity contribution in [3.05, 3.63) is 88.2 Å². The van der Waals surface area contributed by atoms with E-state index in [0.29, 0.717) is 63.7 Å². The van der Waals surface area contributed by atoms with E-state index in [1.807, 2.05) is 30.3 Å². The molecule has 2 atom stereocenters. The Balaban J connectivity index is 0.705. The molecule has 0 bridgehead atoms. The van der Waals surface area contributed by atoms with Crippen LogP contribution in [0.1, 0.15) is 53.6 Å². The summed E-state index contributed by atoms with van der Waals surface area (Å²) in [5, 5.41) is 9.83. The van der Waals surface area contributed by atoms with Crippen LogP contribution in [0, 0.1) is 12.8 Å². The van der Waals surface area contributed by atoms with Gasteiger partial charge in [0.2, 0.25) is 27.8 Å². The van der Waals surface area contributed by atoms with Crippen LogP contribution < -0.4 is 30.5 Å². The number of imide groups is 1. The Hall–Kier alpha value is -5.76. The van der Waals surface area contributed by atoms with Gasteiger partial charge in [-0.1, -0.05) is 12.1 Å². The fraction of sp³-hybridized carbons (Fsp3) is 0.438. The first-order valence-corrected chi connectivity index (χ1v) is 25.7. The number of amides is 3. The number of carbonyl (C=O) groups is 3. The monoisotopic (exact) mass is 993 g/mol. The first kappa shape index (κ1) is 45.0. The number of anilines is 6. The van der Waals surface area contributed by atoms with Gasteiger partial charge in [-0.2, -0.15) is 4.98 Å². The minimum Gasteiger partial charge on any atom is -0.494 e. The van der Waals surface area contributed by atoms with E-state index in [1.54, 1.807) is 30.5 Å². The van der Waals surface area contributed by atoms with Crippen molar-refractivity contribution in [1.29, 1.82) is 0 Å². The third kappa shape index (κ3) is 9.17. The molecule has 4 fully saturated rings. The molecule has 0 aliphatic carbocycles. The average molecular weight is 995 g/mol. The lowest BCUT2D eigenvalue weighted by molar-refractivity contribution is -0.136. The number of nitrogens with one attached hydrogen (secondary N) is 3. The molecule has 0 radical (unpaired) electrons. The standard InChI is InChI=1S/C48H56BrN11O6S/c1-30-23-39(52-48-50-26-37(49)45(54-48)51-38-6-4-5-32-12-18-60(44(32)38)67(3,64)65)42(66-2)25-41(30)57-16-13-34(14-17-57)56-21-19-55(20-22-56)27-31-11-15-58(28-31)35-7-8-36-33(24-35)29-59(47(36)63)40-9-10-43(61)53-46(40)62/h4-8,12,18,23-26,31,34,40H,9-11,13-17,19-22,27-29H2,1-3H3,(H,53,61,62)(H2,50,51,52,54)/t31-,40?/m1/s1. The highest BCUT2D eigenvalue weighted by atomic mass is 79.9. The SMILES string of the molecule is COc1cc(N2CCC(N3CCN(C[C@H]4CCN(c5ccc6c(c5)CN(C5CCC(=O)NC5=O)C6=O)C4)CC3)CC2)c(C)cc1Nc1ncc(Br)c(Nc2cccc3ccn(S(C)(=O)=O)c23)n1. The van der Waals surface area contributed by atoms with Crippen LogP contribution in [0.15, 0.2) is 71.5 Å². The zero-order valence-corrected chi connectivity index (χ0v) is 40.4. The maximum absolute atomic E-state index is 13.2. The van der Waals surface area contributed by atoms with Crippen LogP contribution in [-0.2, 0) is 26.2 Å². The molecule has 5 aromatic rings. The van der Waals surface area contributed by atoms with Gasteiger partial charge in [0, 0.05) is 119 Å². The summed E-state index contributed by atoms with van der Waals surface area (Å²) in [5.74, 6) is 1.30. The van der Waals surface area contributed by atoms with Gasteiger partial charge < -0.3 is 35.0 Å². The van der Waals surface area contributed by atoms with E-state index in [-0.39, 0.29) is 24.1 Å². The molecule has 5 aliphatic rings. The second kappa shape index (κ2) is 18.4. The minimum atomic E-state index is -3.53. The van der Waals surface area contributed by atoms with Crippen LogP contribution in [0.3, 0.4) is 0 Å². The number of carbonyl (C=O) groups excluding carboxylic acids is 3. The van der Waals surface area contributed by atoms with Gasteiger partial charge in [0.05, 0.1) is 34.7 Å². The molecule has 3 amide bonds. The molecule has 67 heavy (non-hydrogen) atoms. The number of aryl methyl sites for hydroxylation is 1. The number of nitrogens with zero attached hydrogens (tertiary/aromatic N) is 8. The molecule has 3 aromatic carbocycles. The Morgan fingerprint density at radius 1 is 0.896 bits per heavy atom. The number of halogens is 1. The van der Waals surface area contributed by atoms with Gasteiger partial charge in [-0.15, -0.1) is 0 Å². The van der Waals surface area contributed by atoms with Crippen LogP contribution >= 0.6 is 15.9 Å². The van der Waals surface area contributed by atoms with E-state index in [9.17, 15) is 22.8 Å². The third-order valence-electron chi connectivity index (χ3n) is 14.2. The largest absolute Gasteiger partial charge is 0.494 e. The highest BCUT2D eigenvalue weighted by molar-refractivity contribution is 9.10. The Bertz CT molecular complexity index is 2860. The fourth-order valence-corrected chi connectivity index (χ4v) is 11.8. The summed E-state index contributed by atoms with van der Waals surface area (Å²) in [6.45, 7) is 11.8. The molecule has 2 aromatic heterocycles. The maximum Gasteiger partial charge on any atom is 0.255 e. The summed E-state index contributed by atoms with van der Waals surface area (Å²) in [7, 11) is -1.86. The first-order valence-electron chi connectivity index (χ1n) is 23.1. The zero-order chi connectivity index (χ0) is 46.6. The number of aromatic nitrogens is 3. The average Bonchev–Trinajstić information content (AvgIpc) is 4.06. The van der Waals surface area contributed by atoms with Crippen molar-refractivity contribution in [3.8, 4) is 5.75 Å². The highest BCUT2D eigenvalue weighted by Gasteiger charge is 2.40. The number of fused-ring (bicyclic) bond motifs is 2. The third-order valence-corrected chi connectivity index (χ3v) is 15.8. The van der Waals surface area contributed by atoms with Crippen LogP contribution in [-0.4, -0.2) is 139 Å². The van der Waals surface area contributed by atoms with E-state index in [4.69, 9.17) is 9.72 Å². The summed E-state index contributed by atoms with van der Waals surface area (Å²) < 4.78 is 32.9. The lowest BCUT2D eigenvalue weighted by Gasteiger charge is -2.44. The molecule has 17 nitrogen and oxygen atoms in total. The van der Waals surface area contributed by atoms with Crippen molar-refractivity contribution >= 4 is 89.1 Å². The van der Waals surface area contributed by atoms with E-state index in [2.05, 4.69) is 81.6 Å². The smallest absolute Gasteiger partial charge is 0.255 e. The van der Waals surface area contributed by atoms with E-state index in [1.165, 1.54) is 10.2 Å². The van der Waals surface area contributed by atoms with E-state index >= 15 is 0 Å². The predicted molar refractivity (Wildman–Crippen MR) is 262 cm³/mol. The summed E-state index contributed by atoms with van der Waals surface area (Å²) in [6.07, 6.45) is 8.34. The normalized spacial score (nSPS) is 21.0. The van der Waals surface area contributed by atoms with Crippen molar-refractivity contribution in [2.24, 2.45) is 5.92 Å². The molecule has 0 spiro atoms. The fourth-order valence-electron chi connectivity index (χ4n) is 10.7. The second-order valence-corrected chi connectivity index (χ2v) is 21.2. The van der Waals surface area contributed by atoms with Crippen molar-refractivity contribution in [1.82, 2.24) is 34.0 Å². The van der Waals surface area contributed by atoms with Gasteiger partial charge in [0.1, 0.15) is 17.6 Å². The van der Waals surface area contributed by atoms with Gasteiger partial charge in [-0.3, -0.25) is 24.6 Å². The lowest BCUT2D eigenvalue weighted by Crippen LogP contribution is -2.54. The van der Waals surface area contributed by atoms with Crippen molar-refractivity contribution in [2.45, 2.75) is 57.7 Å². The molecule has 3 N–H and O–H groups in total. The molecule has 19 heteroatoms.